The van der Waals surface area contributed by atoms with Crippen molar-refractivity contribution in [2.45, 2.75) is 6.92 Å². The molecule has 0 heterocycles. The lowest BCUT2D eigenvalue weighted by atomic mass is 10.1. The van der Waals surface area contributed by atoms with E-state index in [0.717, 1.165) is 16.9 Å². The van der Waals surface area contributed by atoms with Gasteiger partial charge in [0.05, 0.1) is 16.9 Å². The molecule has 19 heavy (non-hydrogen) atoms. The summed E-state index contributed by atoms with van der Waals surface area (Å²) in [7, 11) is 1.92. The van der Waals surface area contributed by atoms with Crippen molar-refractivity contribution in [2.24, 2.45) is 5.73 Å². The highest BCUT2D eigenvalue weighted by atomic mass is 16.1. The van der Waals surface area contributed by atoms with E-state index < -0.39 is 5.91 Å². The highest BCUT2D eigenvalue weighted by Crippen LogP contribution is 2.32. The average Bonchev–Trinajstić information content (AvgIpc) is 2.38. The molecule has 0 atom stereocenters. The Morgan fingerprint density at radius 1 is 1.05 bits per heavy atom. The number of hydrogen-bond acceptors (Lipinski definition) is 3. The van der Waals surface area contributed by atoms with Crippen LogP contribution in [0, 0.1) is 6.92 Å². The zero-order valence-electron chi connectivity index (χ0n) is 11.1. The number of amides is 1. The Hall–Kier alpha value is -2.49. The van der Waals surface area contributed by atoms with Gasteiger partial charge in [-0.1, -0.05) is 24.3 Å². The number of aryl methyl sites for hydroxylation is 1. The molecule has 98 valence electrons. The van der Waals surface area contributed by atoms with E-state index in [2.05, 4.69) is 0 Å². The van der Waals surface area contributed by atoms with Gasteiger partial charge in [-0.2, -0.15) is 0 Å². The molecule has 0 aliphatic heterocycles. The van der Waals surface area contributed by atoms with E-state index in [4.69, 9.17) is 11.5 Å². The first-order valence-electron chi connectivity index (χ1n) is 6.00. The van der Waals surface area contributed by atoms with Crippen LogP contribution >= 0.6 is 0 Å². The van der Waals surface area contributed by atoms with Gasteiger partial charge in [0, 0.05) is 12.7 Å². The molecule has 0 aliphatic carbocycles. The third-order valence-corrected chi connectivity index (χ3v) is 3.19. The van der Waals surface area contributed by atoms with E-state index in [1.807, 2.05) is 49.2 Å². The van der Waals surface area contributed by atoms with Crippen LogP contribution in [0.2, 0.25) is 0 Å². The summed E-state index contributed by atoms with van der Waals surface area (Å²) in [5.41, 5.74) is 15.0. The molecule has 4 heteroatoms. The first kappa shape index (κ1) is 13.0. The highest BCUT2D eigenvalue weighted by molar-refractivity contribution is 6.01. The summed E-state index contributed by atoms with van der Waals surface area (Å²) in [5, 5.41) is 0. The summed E-state index contributed by atoms with van der Waals surface area (Å²) >= 11 is 0. The number of rotatable bonds is 3. The van der Waals surface area contributed by atoms with E-state index in [1.165, 1.54) is 0 Å². The quantitative estimate of drug-likeness (QED) is 0.827. The molecule has 4 nitrogen and oxygen atoms in total. The summed E-state index contributed by atoms with van der Waals surface area (Å²) in [6, 6.07) is 13.3. The van der Waals surface area contributed by atoms with Crippen LogP contribution in [0.3, 0.4) is 0 Å². The van der Waals surface area contributed by atoms with Gasteiger partial charge in [-0.05, 0) is 30.7 Å². The Balaban J connectivity index is 2.51. The van der Waals surface area contributed by atoms with Crippen molar-refractivity contribution in [1.82, 2.24) is 0 Å². The molecular formula is C15H17N3O. The van der Waals surface area contributed by atoms with Crippen molar-refractivity contribution < 1.29 is 4.79 Å². The number of carbonyl (C=O) groups is 1. The second kappa shape index (κ2) is 5.02. The maximum atomic E-state index is 11.3. The summed E-state index contributed by atoms with van der Waals surface area (Å²) in [6.07, 6.45) is 0. The maximum Gasteiger partial charge on any atom is 0.250 e. The van der Waals surface area contributed by atoms with Gasteiger partial charge in [-0.25, -0.2) is 0 Å². The Morgan fingerprint density at radius 2 is 1.68 bits per heavy atom. The molecule has 0 aliphatic rings. The topological polar surface area (TPSA) is 72.3 Å². The molecule has 2 aromatic rings. The number of primary amides is 1. The fourth-order valence-corrected chi connectivity index (χ4v) is 2.13. The van der Waals surface area contributed by atoms with E-state index in [-0.39, 0.29) is 0 Å². The van der Waals surface area contributed by atoms with Gasteiger partial charge in [0.15, 0.2) is 0 Å². The number of nitrogens with zero attached hydrogens (tertiary/aromatic N) is 1. The molecule has 0 fully saturated rings. The van der Waals surface area contributed by atoms with Crippen LogP contribution in [0.15, 0.2) is 42.5 Å². The number of carbonyl (C=O) groups excluding carboxylic acids is 1. The molecule has 2 rings (SSSR count). The van der Waals surface area contributed by atoms with E-state index >= 15 is 0 Å². The largest absolute Gasteiger partial charge is 0.396 e. The fourth-order valence-electron chi connectivity index (χ4n) is 2.13. The van der Waals surface area contributed by atoms with Crippen molar-refractivity contribution >= 4 is 23.0 Å². The monoisotopic (exact) mass is 255 g/mol. The minimum Gasteiger partial charge on any atom is -0.396 e. The first-order chi connectivity index (χ1) is 9.02. The number of hydrogen-bond donors (Lipinski definition) is 2. The van der Waals surface area contributed by atoms with E-state index in [0.29, 0.717) is 11.3 Å². The lowest BCUT2D eigenvalue weighted by molar-refractivity contribution is 0.100. The lowest BCUT2D eigenvalue weighted by Gasteiger charge is -2.23. The zero-order valence-corrected chi connectivity index (χ0v) is 11.1. The molecule has 0 spiro atoms. The van der Waals surface area contributed by atoms with Crippen LogP contribution < -0.4 is 16.4 Å². The molecule has 0 bridgehead atoms. The van der Waals surface area contributed by atoms with Gasteiger partial charge >= 0.3 is 0 Å². The second-order valence-corrected chi connectivity index (χ2v) is 4.45. The van der Waals surface area contributed by atoms with Crippen LogP contribution in [-0.2, 0) is 0 Å². The normalized spacial score (nSPS) is 10.2. The lowest BCUT2D eigenvalue weighted by Crippen LogP contribution is -2.18. The molecule has 0 radical (unpaired) electrons. The minimum absolute atomic E-state index is 0.345. The molecule has 1 amide bonds. The number of anilines is 3. The fraction of sp³-hybridized carbons (Fsp3) is 0.133. The van der Waals surface area contributed by atoms with Gasteiger partial charge in [0.2, 0.25) is 0 Å². The third-order valence-electron chi connectivity index (χ3n) is 3.19. The predicted molar refractivity (Wildman–Crippen MR) is 78.6 cm³/mol. The number of para-hydroxylation sites is 2. The molecule has 4 N–H and O–H groups in total. The number of nitrogens with two attached hydrogens (primary N) is 2. The summed E-state index contributed by atoms with van der Waals surface area (Å²) in [5.74, 6) is -0.516. The van der Waals surface area contributed by atoms with Gasteiger partial charge in [0.1, 0.15) is 0 Å². The molecule has 0 aromatic heterocycles. The second-order valence-electron chi connectivity index (χ2n) is 4.45. The van der Waals surface area contributed by atoms with Gasteiger partial charge < -0.3 is 16.4 Å². The summed E-state index contributed by atoms with van der Waals surface area (Å²) in [6.45, 7) is 2.03. The van der Waals surface area contributed by atoms with Crippen molar-refractivity contribution in [2.75, 3.05) is 17.7 Å². The standard InChI is InChI=1S/C15H17N3O/c1-10-6-3-4-8-12(10)18(2)13-9-5-7-11(14(13)16)15(17)19/h3-9H,16H2,1-2H3,(H2,17,19). The van der Waals surface area contributed by atoms with Gasteiger partial charge in [-0.3, -0.25) is 4.79 Å². The smallest absolute Gasteiger partial charge is 0.250 e. The molecule has 0 saturated heterocycles. The Labute approximate surface area is 112 Å². The number of benzene rings is 2. The van der Waals surface area contributed by atoms with Crippen LogP contribution in [0.1, 0.15) is 15.9 Å². The Morgan fingerprint density at radius 3 is 2.32 bits per heavy atom. The Bertz CT molecular complexity index is 623. The van der Waals surface area contributed by atoms with Crippen LogP contribution in [0.5, 0.6) is 0 Å². The van der Waals surface area contributed by atoms with Crippen molar-refractivity contribution in [1.29, 1.82) is 0 Å². The molecule has 0 saturated carbocycles. The van der Waals surface area contributed by atoms with Gasteiger partial charge in [0.25, 0.3) is 5.91 Å². The number of nitrogen functional groups attached to an aromatic ring is 1. The van der Waals surface area contributed by atoms with Crippen LogP contribution in [-0.4, -0.2) is 13.0 Å². The SMILES string of the molecule is Cc1ccccc1N(C)c1cccc(C(N)=O)c1N. The minimum atomic E-state index is -0.516. The molecular weight excluding hydrogens is 238 g/mol. The Kier molecular flexibility index (Phi) is 3.42. The summed E-state index contributed by atoms with van der Waals surface area (Å²) < 4.78 is 0. The van der Waals surface area contributed by atoms with Gasteiger partial charge in [-0.15, -0.1) is 0 Å². The van der Waals surface area contributed by atoms with Crippen LogP contribution in [0.4, 0.5) is 17.1 Å². The maximum absolute atomic E-state index is 11.3. The van der Waals surface area contributed by atoms with E-state index in [1.54, 1.807) is 12.1 Å². The summed E-state index contributed by atoms with van der Waals surface area (Å²) in [4.78, 5) is 13.3. The van der Waals surface area contributed by atoms with E-state index in [9.17, 15) is 4.79 Å². The average molecular weight is 255 g/mol. The van der Waals surface area contributed by atoms with Crippen molar-refractivity contribution in [3.8, 4) is 0 Å². The van der Waals surface area contributed by atoms with Crippen molar-refractivity contribution in [3.63, 3.8) is 0 Å². The first-order valence-corrected chi connectivity index (χ1v) is 6.00. The molecule has 0 unspecified atom stereocenters. The highest BCUT2D eigenvalue weighted by Gasteiger charge is 2.14. The molecule has 2 aromatic carbocycles. The third kappa shape index (κ3) is 2.38. The van der Waals surface area contributed by atoms with Crippen molar-refractivity contribution in [3.05, 3.63) is 53.6 Å². The zero-order chi connectivity index (χ0) is 14.0. The predicted octanol–water partition coefficient (Wildman–Crippen LogP) is 2.44. The van der Waals surface area contributed by atoms with Crippen LogP contribution in [0.25, 0.3) is 0 Å².